The van der Waals surface area contributed by atoms with Crippen LogP contribution in [0.25, 0.3) is 5.69 Å². The van der Waals surface area contributed by atoms with Crippen LogP contribution in [0.4, 0.5) is 0 Å². The number of carboxylic acids is 1. The predicted octanol–water partition coefficient (Wildman–Crippen LogP) is 0.671. The molecule has 2 rings (SSSR count). The average Bonchev–Trinajstić information content (AvgIpc) is 2.66. The Labute approximate surface area is 84.4 Å². The van der Waals surface area contributed by atoms with Gasteiger partial charge in [0.05, 0.1) is 11.9 Å². The van der Waals surface area contributed by atoms with Gasteiger partial charge >= 0.3 is 5.97 Å². The number of phenols is 1. The van der Waals surface area contributed by atoms with Crippen LogP contribution in [0.5, 0.6) is 5.75 Å². The Kier molecular flexibility index (Phi) is 2.09. The Balaban J connectivity index is 2.41. The maximum absolute atomic E-state index is 10.5. The van der Waals surface area contributed by atoms with Gasteiger partial charge in [-0.25, -0.2) is 9.48 Å². The summed E-state index contributed by atoms with van der Waals surface area (Å²) in [5.41, 5.74) is 0.411. The number of aromatic carboxylic acids is 1. The molecule has 6 nitrogen and oxygen atoms in total. The van der Waals surface area contributed by atoms with Crippen molar-refractivity contribution in [3.8, 4) is 11.4 Å². The summed E-state index contributed by atoms with van der Waals surface area (Å²) in [6.07, 6.45) is 1.27. The Morgan fingerprint density at radius 1 is 1.40 bits per heavy atom. The standard InChI is InChI=1S/C9H7N3O3/c13-7-3-1-2-6(4-7)12-5-8(9(14)15)10-11-12/h1-5,13H,(H,14,15). The number of nitrogens with zero attached hydrogens (tertiary/aromatic N) is 3. The van der Waals surface area contributed by atoms with E-state index in [9.17, 15) is 9.90 Å². The highest BCUT2D eigenvalue weighted by molar-refractivity contribution is 5.84. The van der Waals surface area contributed by atoms with E-state index in [4.69, 9.17) is 5.11 Å². The van der Waals surface area contributed by atoms with E-state index in [0.717, 1.165) is 0 Å². The van der Waals surface area contributed by atoms with Crippen LogP contribution in [-0.2, 0) is 0 Å². The molecule has 0 atom stereocenters. The minimum Gasteiger partial charge on any atom is -0.508 e. The van der Waals surface area contributed by atoms with Crippen LogP contribution in [0.1, 0.15) is 10.5 Å². The topological polar surface area (TPSA) is 88.2 Å². The summed E-state index contributed by atoms with van der Waals surface area (Å²) in [6.45, 7) is 0. The zero-order valence-corrected chi connectivity index (χ0v) is 7.53. The molecule has 0 unspecified atom stereocenters. The summed E-state index contributed by atoms with van der Waals surface area (Å²) in [7, 11) is 0. The third kappa shape index (κ3) is 1.78. The number of benzene rings is 1. The van der Waals surface area contributed by atoms with E-state index >= 15 is 0 Å². The normalized spacial score (nSPS) is 10.1. The number of hydrogen-bond acceptors (Lipinski definition) is 4. The molecule has 1 heterocycles. The Morgan fingerprint density at radius 3 is 2.80 bits per heavy atom. The minimum atomic E-state index is -1.14. The number of phenolic OH excluding ortho intramolecular Hbond substituents is 1. The van der Waals surface area contributed by atoms with Crippen LogP contribution in [0.15, 0.2) is 30.5 Å². The molecule has 76 valence electrons. The number of carbonyl (C=O) groups is 1. The SMILES string of the molecule is O=C(O)c1cn(-c2cccc(O)c2)nn1. The molecule has 0 radical (unpaired) electrons. The summed E-state index contributed by atoms with van der Waals surface area (Å²) >= 11 is 0. The zero-order valence-electron chi connectivity index (χ0n) is 7.53. The molecule has 15 heavy (non-hydrogen) atoms. The highest BCUT2D eigenvalue weighted by Gasteiger charge is 2.09. The Hall–Kier alpha value is -2.37. The van der Waals surface area contributed by atoms with Gasteiger partial charge in [-0.3, -0.25) is 0 Å². The van der Waals surface area contributed by atoms with Gasteiger partial charge in [-0.15, -0.1) is 5.10 Å². The van der Waals surface area contributed by atoms with Crippen molar-refractivity contribution in [3.05, 3.63) is 36.2 Å². The smallest absolute Gasteiger partial charge is 0.358 e. The number of aromatic nitrogens is 3. The first-order valence-electron chi connectivity index (χ1n) is 4.12. The first-order valence-corrected chi connectivity index (χ1v) is 4.12. The number of hydrogen-bond donors (Lipinski definition) is 2. The van der Waals surface area contributed by atoms with Gasteiger partial charge in [-0.2, -0.15) is 0 Å². The van der Waals surface area contributed by atoms with Gasteiger partial charge in [0.25, 0.3) is 0 Å². The first-order chi connectivity index (χ1) is 7.16. The molecular weight excluding hydrogens is 198 g/mol. The van der Waals surface area contributed by atoms with E-state index in [-0.39, 0.29) is 11.4 Å². The van der Waals surface area contributed by atoms with Crippen molar-refractivity contribution < 1.29 is 15.0 Å². The van der Waals surface area contributed by atoms with Crippen LogP contribution < -0.4 is 0 Å². The fourth-order valence-electron chi connectivity index (χ4n) is 1.12. The second-order valence-electron chi connectivity index (χ2n) is 2.87. The molecule has 0 fully saturated rings. The molecule has 0 saturated heterocycles. The van der Waals surface area contributed by atoms with Crippen molar-refractivity contribution >= 4 is 5.97 Å². The van der Waals surface area contributed by atoms with Gasteiger partial charge in [-0.05, 0) is 12.1 Å². The van der Waals surface area contributed by atoms with Gasteiger partial charge in [0.1, 0.15) is 5.75 Å². The van der Waals surface area contributed by atoms with Crippen LogP contribution in [0.3, 0.4) is 0 Å². The number of rotatable bonds is 2. The van der Waals surface area contributed by atoms with Gasteiger partial charge < -0.3 is 10.2 Å². The zero-order chi connectivity index (χ0) is 10.8. The molecule has 0 amide bonds. The Bertz CT molecular complexity index is 507. The number of carboxylic acid groups (broad SMARTS) is 1. The third-order valence-corrected chi connectivity index (χ3v) is 1.81. The second kappa shape index (κ2) is 3.41. The van der Waals surface area contributed by atoms with E-state index in [2.05, 4.69) is 10.3 Å². The van der Waals surface area contributed by atoms with E-state index < -0.39 is 5.97 Å². The average molecular weight is 205 g/mol. The lowest BCUT2D eigenvalue weighted by molar-refractivity contribution is 0.0690. The van der Waals surface area contributed by atoms with Crippen LogP contribution in [0, 0.1) is 0 Å². The second-order valence-corrected chi connectivity index (χ2v) is 2.87. The largest absolute Gasteiger partial charge is 0.508 e. The molecule has 0 spiro atoms. The van der Waals surface area contributed by atoms with Crippen LogP contribution >= 0.6 is 0 Å². The lowest BCUT2D eigenvalue weighted by atomic mass is 10.3. The lowest BCUT2D eigenvalue weighted by Gasteiger charge is -1.99. The molecule has 1 aromatic carbocycles. The fraction of sp³-hybridized carbons (Fsp3) is 0. The van der Waals surface area contributed by atoms with E-state index in [0.29, 0.717) is 5.69 Å². The third-order valence-electron chi connectivity index (χ3n) is 1.81. The van der Waals surface area contributed by atoms with Gasteiger partial charge in [-0.1, -0.05) is 11.3 Å². The van der Waals surface area contributed by atoms with Crippen molar-refractivity contribution in [2.75, 3.05) is 0 Å². The predicted molar refractivity (Wildman–Crippen MR) is 50.0 cm³/mol. The molecule has 6 heteroatoms. The molecule has 2 N–H and O–H groups in total. The van der Waals surface area contributed by atoms with E-state index in [1.807, 2.05) is 0 Å². The summed E-state index contributed by atoms with van der Waals surface area (Å²) in [6, 6.07) is 6.28. The first kappa shape index (κ1) is 9.20. The highest BCUT2D eigenvalue weighted by Crippen LogP contribution is 2.14. The minimum absolute atomic E-state index is 0.0832. The van der Waals surface area contributed by atoms with Gasteiger partial charge in [0.15, 0.2) is 5.69 Å². The number of aromatic hydroxyl groups is 1. The summed E-state index contributed by atoms with van der Waals surface area (Å²) in [4.78, 5) is 10.5. The van der Waals surface area contributed by atoms with Crippen molar-refractivity contribution in [1.82, 2.24) is 15.0 Å². The molecule has 0 bridgehead atoms. The van der Waals surface area contributed by atoms with Crippen molar-refractivity contribution in [1.29, 1.82) is 0 Å². The summed E-state index contributed by atoms with van der Waals surface area (Å²) < 4.78 is 1.28. The lowest BCUT2D eigenvalue weighted by Crippen LogP contribution is -1.95. The summed E-state index contributed by atoms with van der Waals surface area (Å²) in [5, 5.41) is 24.9. The molecule has 0 aliphatic carbocycles. The molecule has 0 aliphatic heterocycles. The van der Waals surface area contributed by atoms with Crippen LogP contribution in [-0.4, -0.2) is 31.2 Å². The maximum Gasteiger partial charge on any atom is 0.358 e. The van der Waals surface area contributed by atoms with Crippen LogP contribution in [0.2, 0.25) is 0 Å². The quantitative estimate of drug-likeness (QED) is 0.752. The maximum atomic E-state index is 10.5. The van der Waals surface area contributed by atoms with E-state index in [1.54, 1.807) is 12.1 Å². The summed E-state index contributed by atoms with van der Waals surface area (Å²) in [5.74, 6) is -1.05. The monoisotopic (exact) mass is 205 g/mol. The van der Waals surface area contributed by atoms with Gasteiger partial charge in [0, 0.05) is 6.07 Å². The van der Waals surface area contributed by atoms with Crippen molar-refractivity contribution in [3.63, 3.8) is 0 Å². The fourth-order valence-corrected chi connectivity index (χ4v) is 1.12. The van der Waals surface area contributed by atoms with E-state index in [1.165, 1.54) is 23.0 Å². The molecule has 0 aliphatic rings. The van der Waals surface area contributed by atoms with Crippen molar-refractivity contribution in [2.45, 2.75) is 0 Å². The molecular formula is C9H7N3O3. The molecule has 1 aromatic heterocycles. The van der Waals surface area contributed by atoms with Gasteiger partial charge in [0.2, 0.25) is 0 Å². The molecule has 0 saturated carbocycles. The van der Waals surface area contributed by atoms with Crippen molar-refractivity contribution in [2.24, 2.45) is 0 Å². The Morgan fingerprint density at radius 2 is 2.20 bits per heavy atom. The molecule has 2 aromatic rings. The highest BCUT2D eigenvalue weighted by atomic mass is 16.4.